The molecule has 0 atom stereocenters. The summed E-state index contributed by atoms with van der Waals surface area (Å²) in [6.07, 6.45) is 1.25. The molecule has 1 aromatic carbocycles. The zero-order valence-corrected chi connectivity index (χ0v) is 7.62. The summed E-state index contributed by atoms with van der Waals surface area (Å²) < 4.78 is 0. The van der Waals surface area contributed by atoms with Crippen LogP contribution in [-0.4, -0.2) is 5.97 Å². The normalized spacial score (nSPS) is 9.31. The lowest BCUT2D eigenvalue weighted by atomic mass is 10.3. The standard InChI is InChI=1S/C10H13NO2/c1-2-6-10(12)13-11-9-7-4-3-5-8-9/h3-5,7-8,11H,2,6H2,1H3. The molecule has 0 heterocycles. The Kier molecular flexibility index (Phi) is 3.82. The Labute approximate surface area is 77.7 Å². The Bertz CT molecular complexity index is 259. The van der Waals surface area contributed by atoms with E-state index in [0.717, 1.165) is 12.1 Å². The molecule has 0 fully saturated rings. The van der Waals surface area contributed by atoms with Crippen LogP contribution in [0.2, 0.25) is 0 Å². The quantitative estimate of drug-likeness (QED) is 0.721. The summed E-state index contributed by atoms with van der Waals surface area (Å²) in [5, 5.41) is 0. The summed E-state index contributed by atoms with van der Waals surface area (Å²) in [5.41, 5.74) is 3.36. The highest BCUT2D eigenvalue weighted by atomic mass is 16.7. The van der Waals surface area contributed by atoms with E-state index in [-0.39, 0.29) is 5.97 Å². The molecule has 0 saturated carbocycles. The van der Waals surface area contributed by atoms with E-state index >= 15 is 0 Å². The minimum atomic E-state index is -0.230. The van der Waals surface area contributed by atoms with Crippen LogP contribution >= 0.6 is 0 Å². The van der Waals surface area contributed by atoms with Crippen LogP contribution in [-0.2, 0) is 9.63 Å². The summed E-state index contributed by atoms with van der Waals surface area (Å²) in [7, 11) is 0. The molecule has 70 valence electrons. The first-order valence-electron chi connectivity index (χ1n) is 4.33. The Balaban J connectivity index is 2.31. The van der Waals surface area contributed by atoms with Gasteiger partial charge in [0, 0.05) is 6.42 Å². The molecule has 3 heteroatoms. The van der Waals surface area contributed by atoms with Crippen molar-refractivity contribution >= 4 is 11.7 Å². The van der Waals surface area contributed by atoms with E-state index in [9.17, 15) is 4.79 Å². The largest absolute Gasteiger partial charge is 0.343 e. The second-order valence-corrected chi connectivity index (χ2v) is 2.69. The highest BCUT2D eigenvalue weighted by Gasteiger charge is 1.99. The maximum absolute atomic E-state index is 10.9. The lowest BCUT2D eigenvalue weighted by Gasteiger charge is -2.04. The van der Waals surface area contributed by atoms with Gasteiger partial charge >= 0.3 is 5.97 Å². The highest BCUT2D eigenvalue weighted by Crippen LogP contribution is 2.05. The minimum absolute atomic E-state index is 0.230. The topological polar surface area (TPSA) is 38.3 Å². The van der Waals surface area contributed by atoms with Crippen LogP contribution in [0, 0.1) is 0 Å². The predicted octanol–water partition coefficient (Wildman–Crippen LogP) is 2.36. The van der Waals surface area contributed by atoms with Gasteiger partial charge in [0.25, 0.3) is 0 Å². The van der Waals surface area contributed by atoms with Gasteiger partial charge in [-0.3, -0.25) is 0 Å². The molecular weight excluding hydrogens is 166 g/mol. The fourth-order valence-electron chi connectivity index (χ4n) is 0.877. The molecule has 0 unspecified atom stereocenters. The number of hydrogen-bond acceptors (Lipinski definition) is 3. The summed E-state index contributed by atoms with van der Waals surface area (Å²) in [6.45, 7) is 1.93. The van der Waals surface area contributed by atoms with Crippen LogP contribution in [0.1, 0.15) is 19.8 Å². The molecule has 0 aliphatic heterocycles. The molecular formula is C10H13NO2. The van der Waals surface area contributed by atoms with Crippen LogP contribution in [0.15, 0.2) is 30.3 Å². The van der Waals surface area contributed by atoms with Crippen LogP contribution < -0.4 is 5.48 Å². The van der Waals surface area contributed by atoms with Crippen LogP contribution in [0.4, 0.5) is 5.69 Å². The van der Waals surface area contributed by atoms with Crippen molar-refractivity contribution in [3.05, 3.63) is 30.3 Å². The number of rotatable bonds is 4. The van der Waals surface area contributed by atoms with Crippen LogP contribution in [0.25, 0.3) is 0 Å². The Morgan fingerprint density at radius 1 is 1.38 bits per heavy atom. The first-order chi connectivity index (χ1) is 6.33. The van der Waals surface area contributed by atoms with E-state index in [2.05, 4.69) is 5.48 Å². The second-order valence-electron chi connectivity index (χ2n) is 2.69. The van der Waals surface area contributed by atoms with E-state index in [0.29, 0.717) is 6.42 Å². The number of carbonyl (C=O) groups excluding carboxylic acids is 1. The van der Waals surface area contributed by atoms with E-state index < -0.39 is 0 Å². The van der Waals surface area contributed by atoms with Gasteiger partial charge in [0.15, 0.2) is 0 Å². The predicted molar refractivity (Wildman–Crippen MR) is 51.1 cm³/mol. The second kappa shape index (κ2) is 5.19. The maximum Gasteiger partial charge on any atom is 0.332 e. The number of benzene rings is 1. The molecule has 13 heavy (non-hydrogen) atoms. The van der Waals surface area contributed by atoms with Gasteiger partial charge in [-0.25, -0.2) is 10.3 Å². The van der Waals surface area contributed by atoms with Crippen molar-refractivity contribution in [2.75, 3.05) is 5.48 Å². The van der Waals surface area contributed by atoms with Crippen molar-refractivity contribution in [2.45, 2.75) is 19.8 Å². The Morgan fingerprint density at radius 2 is 2.08 bits per heavy atom. The molecule has 1 N–H and O–H groups in total. The molecule has 0 saturated heterocycles. The maximum atomic E-state index is 10.9. The average Bonchev–Trinajstić information content (AvgIpc) is 2.17. The SMILES string of the molecule is CCCC(=O)ONc1ccccc1. The molecule has 1 aromatic rings. The fourth-order valence-corrected chi connectivity index (χ4v) is 0.877. The summed E-state index contributed by atoms with van der Waals surface area (Å²) in [6, 6.07) is 9.31. The Hall–Kier alpha value is -1.51. The number of nitrogens with one attached hydrogen (secondary N) is 1. The zero-order chi connectivity index (χ0) is 9.52. The molecule has 1 rings (SSSR count). The van der Waals surface area contributed by atoms with Gasteiger partial charge in [0.1, 0.15) is 0 Å². The molecule has 0 aliphatic rings. The van der Waals surface area contributed by atoms with Crippen LogP contribution in [0.5, 0.6) is 0 Å². The van der Waals surface area contributed by atoms with Crippen LogP contribution in [0.3, 0.4) is 0 Å². The van der Waals surface area contributed by atoms with Gasteiger partial charge in [-0.15, -0.1) is 0 Å². The van der Waals surface area contributed by atoms with Gasteiger partial charge in [-0.2, -0.15) is 0 Å². The van der Waals surface area contributed by atoms with Crippen molar-refractivity contribution in [3.8, 4) is 0 Å². The van der Waals surface area contributed by atoms with E-state index in [1.807, 2.05) is 37.3 Å². The molecule has 0 bridgehead atoms. The van der Waals surface area contributed by atoms with E-state index in [1.165, 1.54) is 0 Å². The van der Waals surface area contributed by atoms with E-state index in [4.69, 9.17) is 4.84 Å². The highest BCUT2D eigenvalue weighted by molar-refractivity contribution is 5.70. The average molecular weight is 179 g/mol. The summed E-state index contributed by atoms with van der Waals surface area (Å²) >= 11 is 0. The number of carbonyl (C=O) groups is 1. The van der Waals surface area contributed by atoms with Crippen molar-refractivity contribution in [2.24, 2.45) is 0 Å². The molecule has 0 aromatic heterocycles. The third-order valence-corrected chi connectivity index (χ3v) is 1.51. The lowest BCUT2D eigenvalue weighted by Crippen LogP contribution is -2.09. The van der Waals surface area contributed by atoms with Gasteiger partial charge in [0.05, 0.1) is 5.69 Å². The minimum Gasteiger partial charge on any atom is -0.343 e. The van der Waals surface area contributed by atoms with Crippen molar-refractivity contribution in [1.82, 2.24) is 0 Å². The molecule has 0 spiro atoms. The molecule has 0 radical (unpaired) electrons. The molecule has 0 amide bonds. The monoisotopic (exact) mass is 179 g/mol. The number of hydrogen-bond donors (Lipinski definition) is 1. The smallest absolute Gasteiger partial charge is 0.332 e. The zero-order valence-electron chi connectivity index (χ0n) is 7.62. The van der Waals surface area contributed by atoms with Gasteiger partial charge in [-0.1, -0.05) is 25.1 Å². The number of anilines is 1. The van der Waals surface area contributed by atoms with Gasteiger partial charge in [0.2, 0.25) is 0 Å². The first-order valence-corrected chi connectivity index (χ1v) is 4.33. The van der Waals surface area contributed by atoms with Crippen molar-refractivity contribution < 1.29 is 9.63 Å². The van der Waals surface area contributed by atoms with Gasteiger partial charge < -0.3 is 4.84 Å². The summed E-state index contributed by atoms with van der Waals surface area (Å²) in [5.74, 6) is -0.230. The number of para-hydroxylation sites is 1. The third kappa shape index (κ3) is 3.60. The third-order valence-electron chi connectivity index (χ3n) is 1.51. The molecule has 3 nitrogen and oxygen atoms in total. The lowest BCUT2D eigenvalue weighted by molar-refractivity contribution is -0.140. The van der Waals surface area contributed by atoms with E-state index in [1.54, 1.807) is 0 Å². The fraction of sp³-hybridized carbons (Fsp3) is 0.300. The Morgan fingerprint density at radius 3 is 2.69 bits per heavy atom. The van der Waals surface area contributed by atoms with Crippen molar-refractivity contribution in [1.29, 1.82) is 0 Å². The van der Waals surface area contributed by atoms with Crippen molar-refractivity contribution in [3.63, 3.8) is 0 Å². The molecule has 0 aliphatic carbocycles. The summed E-state index contributed by atoms with van der Waals surface area (Å²) in [4.78, 5) is 15.7. The first kappa shape index (κ1) is 9.58. The van der Waals surface area contributed by atoms with Gasteiger partial charge in [-0.05, 0) is 18.6 Å².